The van der Waals surface area contributed by atoms with Crippen LogP contribution in [0.4, 0.5) is 4.39 Å². The Kier molecular flexibility index (Phi) is 5.78. The summed E-state index contributed by atoms with van der Waals surface area (Å²) in [5, 5.41) is 0.831. The molecule has 2 aromatic carbocycles. The van der Waals surface area contributed by atoms with Crippen LogP contribution in [-0.2, 0) is 11.3 Å². The average Bonchev–Trinajstić information content (AvgIpc) is 2.66. The Morgan fingerprint density at radius 2 is 1.96 bits per heavy atom. The summed E-state index contributed by atoms with van der Waals surface area (Å²) in [5.41, 5.74) is 2.24. The molecule has 1 amide bonds. The number of carbonyl (C=O) groups is 1. The second kappa shape index (κ2) is 8.25. The molecule has 6 heteroatoms. The smallest absolute Gasteiger partial charge is 0.336 e. The fourth-order valence-electron chi connectivity index (χ4n) is 3.12. The molecule has 146 valence electrons. The zero-order valence-corrected chi connectivity index (χ0v) is 16.1. The van der Waals surface area contributed by atoms with Crippen LogP contribution >= 0.6 is 0 Å². The third kappa shape index (κ3) is 4.22. The fraction of sp³-hybridized carbons (Fsp3) is 0.273. The van der Waals surface area contributed by atoms with Gasteiger partial charge in [0.05, 0.1) is 0 Å². The van der Waals surface area contributed by atoms with E-state index in [1.807, 2.05) is 19.9 Å². The van der Waals surface area contributed by atoms with Gasteiger partial charge in [-0.15, -0.1) is 0 Å². The number of carbonyl (C=O) groups excluding carboxylic acids is 1. The number of hydrogen-bond acceptors (Lipinski definition) is 4. The van der Waals surface area contributed by atoms with E-state index < -0.39 is 5.63 Å². The lowest BCUT2D eigenvalue weighted by Gasteiger charge is -2.21. The number of halogens is 1. The second-order valence-electron chi connectivity index (χ2n) is 6.64. The van der Waals surface area contributed by atoms with Gasteiger partial charge >= 0.3 is 5.63 Å². The summed E-state index contributed by atoms with van der Waals surface area (Å²) in [6, 6.07) is 11.2. The van der Waals surface area contributed by atoms with Crippen LogP contribution < -0.4 is 10.4 Å². The predicted octanol–water partition coefficient (Wildman–Crippen LogP) is 3.98. The largest absolute Gasteiger partial charge is 0.483 e. The molecule has 3 rings (SSSR count). The molecule has 0 unspecified atom stereocenters. The van der Waals surface area contributed by atoms with Gasteiger partial charge in [-0.3, -0.25) is 4.79 Å². The van der Waals surface area contributed by atoms with Crippen molar-refractivity contribution in [3.8, 4) is 5.75 Å². The summed E-state index contributed by atoms with van der Waals surface area (Å²) in [6.07, 6.45) is 0. The zero-order chi connectivity index (χ0) is 20.3. The van der Waals surface area contributed by atoms with Crippen LogP contribution in [0.5, 0.6) is 5.75 Å². The molecule has 0 N–H and O–H groups in total. The molecule has 0 saturated carbocycles. The highest BCUT2D eigenvalue weighted by Gasteiger charge is 2.15. The number of likely N-dealkylation sites (N-methyl/N-ethyl adjacent to an activating group) is 1. The van der Waals surface area contributed by atoms with Gasteiger partial charge in [0.15, 0.2) is 6.61 Å². The normalized spacial score (nSPS) is 10.9. The summed E-state index contributed by atoms with van der Waals surface area (Å²) in [4.78, 5) is 25.8. The number of amides is 1. The van der Waals surface area contributed by atoms with Gasteiger partial charge in [-0.05, 0) is 56.2 Å². The van der Waals surface area contributed by atoms with Crippen molar-refractivity contribution in [3.05, 3.63) is 75.4 Å². The van der Waals surface area contributed by atoms with Gasteiger partial charge in [-0.1, -0.05) is 12.1 Å². The highest BCUT2D eigenvalue weighted by molar-refractivity contribution is 5.85. The summed E-state index contributed by atoms with van der Waals surface area (Å²) in [5.74, 6) is -0.0609. The Morgan fingerprint density at radius 3 is 2.68 bits per heavy atom. The molecule has 5 nitrogen and oxygen atoms in total. The molecule has 0 fully saturated rings. The van der Waals surface area contributed by atoms with Crippen molar-refractivity contribution in [2.24, 2.45) is 0 Å². The van der Waals surface area contributed by atoms with E-state index in [1.165, 1.54) is 18.2 Å². The topological polar surface area (TPSA) is 59.8 Å². The van der Waals surface area contributed by atoms with Gasteiger partial charge in [0.25, 0.3) is 5.91 Å². The molecular formula is C22H22FNO4. The molecule has 0 bridgehead atoms. The second-order valence-corrected chi connectivity index (χ2v) is 6.64. The maximum Gasteiger partial charge on any atom is 0.336 e. The van der Waals surface area contributed by atoms with Crippen LogP contribution in [0.1, 0.15) is 23.6 Å². The quantitative estimate of drug-likeness (QED) is 0.604. The number of benzene rings is 2. The molecule has 0 aliphatic heterocycles. The molecule has 1 aromatic heterocycles. The van der Waals surface area contributed by atoms with Crippen LogP contribution in [0.3, 0.4) is 0 Å². The standard InChI is InChI=1S/C22H22FNO4/c1-4-24(12-16-6-5-7-17(23)11-16)20(25)13-27-19-9-8-18-14(2)10-21(26)28-22(18)15(19)3/h5-11H,4,12-13H2,1-3H3. The monoisotopic (exact) mass is 383 g/mol. The van der Waals surface area contributed by atoms with Crippen molar-refractivity contribution in [3.63, 3.8) is 0 Å². The summed E-state index contributed by atoms with van der Waals surface area (Å²) in [7, 11) is 0. The molecule has 0 spiro atoms. The minimum absolute atomic E-state index is 0.161. The first kappa shape index (κ1) is 19.6. The van der Waals surface area contributed by atoms with Crippen LogP contribution in [0.2, 0.25) is 0 Å². The minimum atomic E-state index is -0.423. The molecular weight excluding hydrogens is 361 g/mol. The van der Waals surface area contributed by atoms with Crippen LogP contribution in [-0.4, -0.2) is 24.0 Å². The first-order valence-electron chi connectivity index (χ1n) is 9.08. The molecule has 28 heavy (non-hydrogen) atoms. The minimum Gasteiger partial charge on any atom is -0.483 e. The van der Waals surface area contributed by atoms with Crippen molar-refractivity contribution in [2.75, 3.05) is 13.2 Å². The Morgan fingerprint density at radius 1 is 1.18 bits per heavy atom. The first-order chi connectivity index (χ1) is 13.4. The molecule has 1 heterocycles. The highest BCUT2D eigenvalue weighted by atomic mass is 19.1. The molecule has 0 aliphatic carbocycles. The van der Waals surface area contributed by atoms with Gasteiger partial charge < -0.3 is 14.1 Å². The van der Waals surface area contributed by atoms with Gasteiger partial charge in [0.1, 0.15) is 17.1 Å². The molecule has 0 aliphatic rings. The summed E-state index contributed by atoms with van der Waals surface area (Å²) >= 11 is 0. The van der Waals surface area contributed by atoms with E-state index in [0.29, 0.717) is 35.5 Å². The lowest BCUT2D eigenvalue weighted by atomic mass is 10.1. The first-order valence-corrected chi connectivity index (χ1v) is 9.08. The Balaban J connectivity index is 1.74. The van der Waals surface area contributed by atoms with Crippen LogP contribution in [0.15, 0.2) is 51.7 Å². The van der Waals surface area contributed by atoms with E-state index in [9.17, 15) is 14.0 Å². The maximum atomic E-state index is 13.4. The lowest BCUT2D eigenvalue weighted by Crippen LogP contribution is -2.34. The summed E-state index contributed by atoms with van der Waals surface area (Å²) in [6.45, 7) is 6.11. The van der Waals surface area contributed by atoms with Crippen molar-refractivity contribution < 1.29 is 18.3 Å². The number of aryl methyl sites for hydroxylation is 2. The highest BCUT2D eigenvalue weighted by Crippen LogP contribution is 2.28. The fourth-order valence-corrected chi connectivity index (χ4v) is 3.12. The molecule has 0 radical (unpaired) electrons. The van der Waals surface area contributed by atoms with E-state index in [1.54, 1.807) is 30.0 Å². The van der Waals surface area contributed by atoms with Gasteiger partial charge in [0, 0.05) is 30.1 Å². The maximum absolute atomic E-state index is 13.4. The molecule has 3 aromatic rings. The lowest BCUT2D eigenvalue weighted by molar-refractivity contribution is -0.133. The van der Waals surface area contributed by atoms with Gasteiger partial charge in [-0.25, -0.2) is 9.18 Å². The van der Waals surface area contributed by atoms with Crippen molar-refractivity contribution in [1.82, 2.24) is 4.90 Å². The van der Waals surface area contributed by atoms with E-state index >= 15 is 0 Å². The number of rotatable bonds is 6. The third-order valence-electron chi connectivity index (χ3n) is 4.67. The van der Waals surface area contributed by atoms with E-state index in [0.717, 1.165) is 10.9 Å². The molecule has 0 atom stereocenters. The molecule has 0 saturated heterocycles. The van der Waals surface area contributed by atoms with Crippen molar-refractivity contribution >= 4 is 16.9 Å². The third-order valence-corrected chi connectivity index (χ3v) is 4.67. The average molecular weight is 383 g/mol. The van der Waals surface area contributed by atoms with Gasteiger partial charge in [0.2, 0.25) is 0 Å². The number of fused-ring (bicyclic) bond motifs is 1. The van der Waals surface area contributed by atoms with Crippen molar-refractivity contribution in [2.45, 2.75) is 27.3 Å². The van der Waals surface area contributed by atoms with Crippen LogP contribution in [0.25, 0.3) is 11.0 Å². The Hall–Kier alpha value is -3.15. The number of nitrogens with zero attached hydrogens (tertiary/aromatic N) is 1. The number of ether oxygens (including phenoxy) is 1. The predicted molar refractivity (Wildman–Crippen MR) is 105 cm³/mol. The Bertz CT molecular complexity index is 1070. The van der Waals surface area contributed by atoms with E-state index in [4.69, 9.17) is 9.15 Å². The summed E-state index contributed by atoms with van der Waals surface area (Å²) < 4.78 is 24.4. The van der Waals surface area contributed by atoms with Crippen molar-refractivity contribution in [1.29, 1.82) is 0 Å². The van der Waals surface area contributed by atoms with E-state index in [2.05, 4.69) is 0 Å². The van der Waals surface area contributed by atoms with Gasteiger partial charge in [-0.2, -0.15) is 0 Å². The number of hydrogen-bond donors (Lipinski definition) is 0. The SMILES string of the molecule is CCN(Cc1cccc(F)c1)C(=O)COc1ccc2c(C)cc(=O)oc2c1C. The zero-order valence-electron chi connectivity index (χ0n) is 16.1. The Labute approximate surface area is 162 Å². The van der Waals surface area contributed by atoms with E-state index in [-0.39, 0.29) is 18.3 Å². The van der Waals surface area contributed by atoms with Crippen LogP contribution in [0, 0.1) is 19.7 Å².